The van der Waals surface area contributed by atoms with E-state index in [0.29, 0.717) is 0 Å². The van der Waals surface area contributed by atoms with Crippen molar-refractivity contribution in [3.63, 3.8) is 0 Å². The van der Waals surface area contributed by atoms with Crippen molar-refractivity contribution in [2.45, 2.75) is 51.5 Å². The molecule has 0 spiro atoms. The third-order valence-corrected chi connectivity index (χ3v) is 4.64. The van der Waals surface area contributed by atoms with Gasteiger partial charge >= 0.3 is 0 Å². The van der Waals surface area contributed by atoms with Gasteiger partial charge in [-0.2, -0.15) is 0 Å². The van der Waals surface area contributed by atoms with Crippen molar-refractivity contribution < 1.29 is 9.18 Å². The molecule has 1 aliphatic carbocycles. The molecule has 3 rings (SSSR count). The molecule has 1 aromatic rings. The van der Waals surface area contributed by atoms with Crippen molar-refractivity contribution in [3.05, 3.63) is 41.7 Å². The predicted octanol–water partition coefficient (Wildman–Crippen LogP) is 4.41. The second-order valence-corrected chi connectivity index (χ2v) is 6.32. The standard InChI is InChI=1S/C18H22FNO/c1-4-5-11(2)17-12(3)18(21)20(14-7-8-14)16-10-13(19)6-9-15(16)17/h6,9-10,12,14,17H,2,4-5,7-8H2,1,3H3. The number of halogens is 1. The Hall–Kier alpha value is -1.64. The van der Waals surface area contributed by atoms with E-state index >= 15 is 0 Å². The van der Waals surface area contributed by atoms with Gasteiger partial charge in [-0.25, -0.2) is 4.39 Å². The average molecular weight is 287 g/mol. The van der Waals surface area contributed by atoms with Crippen LogP contribution >= 0.6 is 0 Å². The van der Waals surface area contributed by atoms with Gasteiger partial charge in [0.25, 0.3) is 0 Å². The molecule has 2 atom stereocenters. The van der Waals surface area contributed by atoms with Crippen LogP contribution < -0.4 is 4.90 Å². The summed E-state index contributed by atoms with van der Waals surface area (Å²) >= 11 is 0. The highest BCUT2D eigenvalue weighted by atomic mass is 19.1. The Balaban J connectivity index is 2.09. The monoisotopic (exact) mass is 287 g/mol. The summed E-state index contributed by atoms with van der Waals surface area (Å²) in [5.41, 5.74) is 2.92. The lowest BCUT2D eigenvalue weighted by molar-refractivity contribution is -0.122. The van der Waals surface area contributed by atoms with Gasteiger partial charge in [-0.15, -0.1) is 0 Å². The van der Waals surface area contributed by atoms with Gasteiger partial charge in [0, 0.05) is 17.9 Å². The number of nitrogens with zero attached hydrogens (tertiary/aromatic N) is 1. The van der Waals surface area contributed by atoms with Gasteiger partial charge in [0.2, 0.25) is 5.91 Å². The van der Waals surface area contributed by atoms with E-state index in [1.807, 2.05) is 17.9 Å². The summed E-state index contributed by atoms with van der Waals surface area (Å²) in [5.74, 6) is -0.245. The minimum atomic E-state index is -0.276. The second kappa shape index (κ2) is 5.28. The lowest BCUT2D eigenvalue weighted by Gasteiger charge is -2.39. The number of amides is 1. The topological polar surface area (TPSA) is 20.3 Å². The van der Waals surface area contributed by atoms with Crippen molar-refractivity contribution in [1.29, 1.82) is 0 Å². The number of fused-ring (bicyclic) bond motifs is 1. The van der Waals surface area contributed by atoms with Crippen molar-refractivity contribution >= 4 is 11.6 Å². The molecule has 0 bridgehead atoms. The Kier molecular flexibility index (Phi) is 3.60. The van der Waals surface area contributed by atoms with Crippen LogP contribution in [-0.2, 0) is 4.79 Å². The quantitative estimate of drug-likeness (QED) is 0.751. The SMILES string of the molecule is C=C(CCC)C1c2ccc(F)cc2N(C2CC2)C(=O)C1C. The van der Waals surface area contributed by atoms with Crippen molar-refractivity contribution in [1.82, 2.24) is 0 Å². The summed E-state index contributed by atoms with van der Waals surface area (Å²) in [4.78, 5) is 14.6. The first kappa shape index (κ1) is 14.3. The summed E-state index contributed by atoms with van der Waals surface area (Å²) < 4.78 is 13.7. The fraction of sp³-hybridized carbons (Fsp3) is 0.500. The summed E-state index contributed by atoms with van der Waals surface area (Å²) in [5, 5.41) is 0. The van der Waals surface area contributed by atoms with Crippen LogP contribution in [0.25, 0.3) is 0 Å². The molecule has 112 valence electrons. The maximum absolute atomic E-state index is 13.7. The number of anilines is 1. The number of benzene rings is 1. The Morgan fingerprint density at radius 2 is 2.14 bits per heavy atom. The molecule has 1 aliphatic heterocycles. The Labute approximate surface area is 125 Å². The second-order valence-electron chi connectivity index (χ2n) is 6.32. The minimum Gasteiger partial charge on any atom is -0.309 e. The first-order valence-corrected chi connectivity index (χ1v) is 7.84. The largest absolute Gasteiger partial charge is 0.309 e. The molecule has 2 unspecified atom stereocenters. The van der Waals surface area contributed by atoms with Crippen LogP contribution in [0.3, 0.4) is 0 Å². The van der Waals surface area contributed by atoms with Gasteiger partial charge in [0.05, 0.1) is 5.69 Å². The molecule has 2 aliphatic rings. The van der Waals surface area contributed by atoms with Crippen LogP contribution in [0.15, 0.2) is 30.4 Å². The number of hydrogen-bond acceptors (Lipinski definition) is 1. The van der Waals surface area contributed by atoms with Crippen LogP contribution in [0.1, 0.15) is 51.0 Å². The van der Waals surface area contributed by atoms with E-state index < -0.39 is 0 Å². The molecule has 0 N–H and O–H groups in total. The Morgan fingerprint density at radius 3 is 2.76 bits per heavy atom. The molecule has 3 heteroatoms. The van der Waals surface area contributed by atoms with E-state index in [9.17, 15) is 9.18 Å². The molecule has 1 fully saturated rings. The molecule has 0 aromatic heterocycles. The van der Waals surface area contributed by atoms with Gasteiger partial charge in [-0.3, -0.25) is 4.79 Å². The van der Waals surface area contributed by atoms with E-state index in [2.05, 4.69) is 13.5 Å². The zero-order chi connectivity index (χ0) is 15.1. The fourth-order valence-electron chi connectivity index (χ4n) is 3.50. The van der Waals surface area contributed by atoms with Crippen LogP contribution in [0.2, 0.25) is 0 Å². The lowest BCUT2D eigenvalue weighted by atomic mass is 9.76. The number of carbonyl (C=O) groups is 1. The molecule has 0 radical (unpaired) electrons. The van der Waals surface area contributed by atoms with Gasteiger partial charge in [-0.05, 0) is 37.0 Å². The molecule has 2 nitrogen and oxygen atoms in total. The maximum atomic E-state index is 13.7. The van der Waals surface area contributed by atoms with Crippen molar-refractivity contribution in [3.8, 4) is 0 Å². The predicted molar refractivity (Wildman–Crippen MR) is 82.9 cm³/mol. The number of allylic oxidation sites excluding steroid dienone is 1. The summed E-state index contributed by atoms with van der Waals surface area (Å²) in [6.45, 7) is 8.29. The van der Waals surface area contributed by atoms with Crippen molar-refractivity contribution in [2.75, 3.05) is 4.90 Å². The van der Waals surface area contributed by atoms with Crippen LogP contribution in [0, 0.1) is 11.7 Å². The fourth-order valence-corrected chi connectivity index (χ4v) is 3.50. The van der Waals surface area contributed by atoms with E-state index in [1.165, 1.54) is 12.1 Å². The maximum Gasteiger partial charge on any atom is 0.231 e. The third kappa shape index (κ3) is 2.39. The van der Waals surface area contributed by atoms with E-state index in [4.69, 9.17) is 0 Å². The van der Waals surface area contributed by atoms with Gasteiger partial charge < -0.3 is 4.90 Å². The Morgan fingerprint density at radius 1 is 1.43 bits per heavy atom. The molecule has 1 aromatic carbocycles. The van der Waals surface area contributed by atoms with Crippen molar-refractivity contribution in [2.24, 2.45) is 5.92 Å². The first-order valence-electron chi connectivity index (χ1n) is 7.84. The highest BCUT2D eigenvalue weighted by Crippen LogP contribution is 2.47. The molecule has 1 heterocycles. The van der Waals surface area contributed by atoms with Crippen LogP contribution in [-0.4, -0.2) is 11.9 Å². The zero-order valence-electron chi connectivity index (χ0n) is 12.7. The summed E-state index contributed by atoms with van der Waals surface area (Å²) in [6, 6.07) is 5.12. The highest BCUT2D eigenvalue weighted by molar-refractivity contribution is 6.00. The molecular weight excluding hydrogens is 265 g/mol. The number of rotatable bonds is 4. The van der Waals surface area contributed by atoms with Gasteiger partial charge in [-0.1, -0.05) is 38.5 Å². The highest BCUT2D eigenvalue weighted by Gasteiger charge is 2.44. The average Bonchev–Trinajstić information content (AvgIpc) is 3.25. The zero-order valence-corrected chi connectivity index (χ0v) is 12.7. The summed E-state index contributed by atoms with van der Waals surface area (Å²) in [7, 11) is 0. The van der Waals surface area contributed by atoms with E-state index in [1.54, 1.807) is 0 Å². The Bertz CT molecular complexity index is 591. The molecule has 21 heavy (non-hydrogen) atoms. The van der Waals surface area contributed by atoms with Crippen LogP contribution in [0.5, 0.6) is 0 Å². The summed E-state index contributed by atoms with van der Waals surface area (Å²) in [6.07, 6.45) is 3.96. The first-order chi connectivity index (χ1) is 10.0. The smallest absolute Gasteiger partial charge is 0.231 e. The van der Waals surface area contributed by atoms with Gasteiger partial charge in [0.1, 0.15) is 5.82 Å². The molecular formula is C18H22FNO. The minimum absolute atomic E-state index is 0.0167. The molecule has 1 amide bonds. The molecule has 1 saturated carbocycles. The van der Waals surface area contributed by atoms with E-state index in [-0.39, 0.29) is 29.6 Å². The lowest BCUT2D eigenvalue weighted by Crippen LogP contribution is -2.44. The van der Waals surface area contributed by atoms with Gasteiger partial charge in [0.15, 0.2) is 0 Å². The van der Waals surface area contributed by atoms with E-state index in [0.717, 1.165) is 42.5 Å². The normalized spacial score (nSPS) is 24.9. The third-order valence-electron chi connectivity index (χ3n) is 4.64. The molecule has 0 saturated heterocycles. The number of carbonyl (C=O) groups excluding carboxylic acids is 1. The van der Waals surface area contributed by atoms with Crippen LogP contribution in [0.4, 0.5) is 10.1 Å². The number of hydrogen-bond donors (Lipinski definition) is 0.